The van der Waals surface area contributed by atoms with E-state index >= 15 is 0 Å². The maximum atomic E-state index is 5.40. The molecule has 0 radical (unpaired) electrons. The summed E-state index contributed by atoms with van der Waals surface area (Å²) in [6.07, 6.45) is 4.71. The van der Waals surface area contributed by atoms with Gasteiger partial charge in [0.2, 0.25) is 0 Å². The number of nitrogens with one attached hydrogen (secondary N) is 2. The Labute approximate surface area is 156 Å². The van der Waals surface area contributed by atoms with Crippen LogP contribution in [0.2, 0.25) is 0 Å². The number of benzene rings is 1. The van der Waals surface area contributed by atoms with E-state index in [0.29, 0.717) is 5.92 Å². The van der Waals surface area contributed by atoms with Crippen LogP contribution in [0, 0.1) is 12.8 Å². The fourth-order valence-electron chi connectivity index (χ4n) is 2.72. The monoisotopic (exact) mass is 357 g/mol. The van der Waals surface area contributed by atoms with Gasteiger partial charge in [-0.15, -0.1) is 0 Å². The van der Waals surface area contributed by atoms with E-state index in [2.05, 4.69) is 54.7 Å². The van der Waals surface area contributed by atoms with E-state index < -0.39 is 0 Å². The van der Waals surface area contributed by atoms with Gasteiger partial charge in [0.05, 0.1) is 7.11 Å². The molecule has 1 aromatic carbocycles. The molecule has 0 aliphatic rings. The first kappa shape index (κ1) is 19.8. The minimum atomic E-state index is 0.423. The van der Waals surface area contributed by atoms with Gasteiger partial charge in [-0.05, 0) is 49.4 Å². The Morgan fingerprint density at radius 1 is 1.35 bits per heavy atom. The molecule has 2 rings (SSSR count). The molecule has 0 bridgehead atoms. The van der Waals surface area contributed by atoms with Gasteiger partial charge in [-0.25, -0.2) is 0 Å². The van der Waals surface area contributed by atoms with E-state index in [4.69, 9.17) is 9.73 Å². The second-order valence-corrected chi connectivity index (χ2v) is 6.53. The summed E-state index contributed by atoms with van der Waals surface area (Å²) in [5.41, 5.74) is 2.41. The van der Waals surface area contributed by atoms with Gasteiger partial charge in [-0.3, -0.25) is 9.67 Å². The highest BCUT2D eigenvalue weighted by Crippen LogP contribution is 2.18. The molecule has 0 amide bonds. The van der Waals surface area contributed by atoms with Crippen molar-refractivity contribution in [3.63, 3.8) is 0 Å². The van der Waals surface area contributed by atoms with Crippen molar-refractivity contribution < 1.29 is 4.74 Å². The van der Waals surface area contributed by atoms with Gasteiger partial charge in [0, 0.05) is 38.6 Å². The number of aryl methyl sites for hydroxylation is 1. The highest BCUT2D eigenvalue weighted by atomic mass is 16.5. The minimum absolute atomic E-state index is 0.423. The molecular formula is C20H31N5O. The number of aromatic nitrogens is 2. The van der Waals surface area contributed by atoms with Gasteiger partial charge in [0.1, 0.15) is 5.75 Å². The summed E-state index contributed by atoms with van der Waals surface area (Å²) in [7, 11) is 1.71. The number of rotatable bonds is 9. The lowest BCUT2D eigenvalue weighted by molar-refractivity contribution is 0.411. The zero-order chi connectivity index (χ0) is 18.8. The second-order valence-electron chi connectivity index (χ2n) is 6.53. The molecule has 26 heavy (non-hydrogen) atoms. The zero-order valence-electron chi connectivity index (χ0n) is 16.3. The Bertz CT molecular complexity index is 682. The number of methoxy groups -OCH3 is 1. The molecule has 6 nitrogen and oxygen atoms in total. The Hall–Kier alpha value is -2.50. The van der Waals surface area contributed by atoms with Crippen LogP contribution in [0.4, 0.5) is 0 Å². The Morgan fingerprint density at radius 3 is 2.88 bits per heavy atom. The first-order valence-corrected chi connectivity index (χ1v) is 9.25. The first-order chi connectivity index (χ1) is 12.6. The van der Waals surface area contributed by atoms with Crippen LogP contribution in [-0.2, 0) is 13.0 Å². The molecule has 1 heterocycles. The molecule has 142 valence electrons. The molecule has 1 atom stereocenters. The van der Waals surface area contributed by atoms with Crippen LogP contribution in [0.1, 0.15) is 25.0 Å². The molecule has 0 aliphatic heterocycles. The van der Waals surface area contributed by atoms with Crippen LogP contribution in [0.3, 0.4) is 0 Å². The molecule has 0 saturated heterocycles. The van der Waals surface area contributed by atoms with Crippen molar-refractivity contribution in [2.45, 2.75) is 33.7 Å². The van der Waals surface area contributed by atoms with Crippen LogP contribution in [0.25, 0.3) is 0 Å². The summed E-state index contributed by atoms with van der Waals surface area (Å²) in [6.45, 7) is 9.62. The van der Waals surface area contributed by atoms with Crippen LogP contribution in [0.5, 0.6) is 5.75 Å². The summed E-state index contributed by atoms with van der Waals surface area (Å²) in [6, 6.07) is 8.30. The summed E-state index contributed by atoms with van der Waals surface area (Å²) >= 11 is 0. The Balaban J connectivity index is 1.83. The fraction of sp³-hybridized carbons (Fsp3) is 0.500. The zero-order valence-corrected chi connectivity index (χ0v) is 16.3. The predicted octanol–water partition coefficient (Wildman–Crippen LogP) is 2.63. The highest BCUT2D eigenvalue weighted by Gasteiger charge is 2.05. The van der Waals surface area contributed by atoms with Crippen molar-refractivity contribution >= 4 is 5.96 Å². The minimum Gasteiger partial charge on any atom is -0.496 e. The lowest BCUT2D eigenvalue weighted by atomic mass is 10.1. The first-order valence-electron chi connectivity index (χ1n) is 9.25. The number of guanidine groups is 1. The van der Waals surface area contributed by atoms with Crippen molar-refractivity contribution in [1.29, 1.82) is 0 Å². The molecule has 6 heteroatoms. The molecule has 2 N–H and O–H groups in total. The molecule has 0 saturated carbocycles. The smallest absolute Gasteiger partial charge is 0.191 e. The SMILES string of the molecule is CCNC(=NCC(C)Cn1cccn1)NCCc1ccc(C)c(OC)c1. The van der Waals surface area contributed by atoms with Crippen molar-refractivity contribution in [2.75, 3.05) is 26.7 Å². The van der Waals surface area contributed by atoms with Gasteiger partial charge >= 0.3 is 0 Å². The average Bonchev–Trinajstić information content (AvgIpc) is 3.14. The van der Waals surface area contributed by atoms with E-state index in [1.807, 2.05) is 23.1 Å². The van der Waals surface area contributed by atoms with Gasteiger partial charge in [-0.2, -0.15) is 5.10 Å². The molecule has 0 spiro atoms. The third kappa shape index (κ3) is 6.43. The Morgan fingerprint density at radius 2 is 2.19 bits per heavy atom. The van der Waals surface area contributed by atoms with Gasteiger partial charge in [0.25, 0.3) is 0 Å². The summed E-state index contributed by atoms with van der Waals surface area (Å²) in [4.78, 5) is 4.70. The summed E-state index contributed by atoms with van der Waals surface area (Å²) in [5, 5.41) is 11.0. The van der Waals surface area contributed by atoms with Crippen molar-refractivity contribution in [2.24, 2.45) is 10.9 Å². The third-order valence-corrected chi connectivity index (χ3v) is 4.14. The number of hydrogen-bond acceptors (Lipinski definition) is 3. The van der Waals surface area contributed by atoms with E-state index in [0.717, 1.165) is 49.9 Å². The lowest BCUT2D eigenvalue weighted by Crippen LogP contribution is -2.38. The maximum Gasteiger partial charge on any atom is 0.191 e. The molecule has 1 aromatic heterocycles. The average molecular weight is 358 g/mol. The predicted molar refractivity (Wildman–Crippen MR) is 107 cm³/mol. The maximum absolute atomic E-state index is 5.40. The van der Waals surface area contributed by atoms with Gasteiger partial charge in [0.15, 0.2) is 5.96 Å². The van der Waals surface area contributed by atoms with Crippen LogP contribution in [-0.4, -0.2) is 42.5 Å². The Kier molecular flexibility index (Phi) is 7.99. The fourth-order valence-corrected chi connectivity index (χ4v) is 2.72. The van der Waals surface area contributed by atoms with Crippen LogP contribution in [0.15, 0.2) is 41.7 Å². The molecule has 2 aromatic rings. The molecular weight excluding hydrogens is 326 g/mol. The van der Waals surface area contributed by atoms with Crippen molar-refractivity contribution in [1.82, 2.24) is 20.4 Å². The summed E-state index contributed by atoms with van der Waals surface area (Å²) in [5.74, 6) is 2.22. The standard InChI is InChI=1S/C20H31N5O/c1-5-21-20(23-14-16(2)15-25-12-6-10-24-25)22-11-9-18-8-7-17(3)19(13-18)26-4/h6-8,10,12-13,16H,5,9,11,14-15H2,1-4H3,(H2,21,22,23). The third-order valence-electron chi connectivity index (χ3n) is 4.14. The van der Waals surface area contributed by atoms with Crippen molar-refractivity contribution in [3.8, 4) is 5.75 Å². The molecule has 0 fully saturated rings. The number of aliphatic imine (C=N–C) groups is 1. The normalized spacial score (nSPS) is 12.7. The van der Waals surface area contributed by atoms with E-state index in [9.17, 15) is 0 Å². The largest absolute Gasteiger partial charge is 0.496 e. The molecule has 0 aliphatic carbocycles. The summed E-state index contributed by atoms with van der Waals surface area (Å²) < 4.78 is 7.35. The quantitative estimate of drug-likeness (QED) is 0.535. The topological polar surface area (TPSA) is 63.5 Å². The van der Waals surface area contributed by atoms with Crippen molar-refractivity contribution in [3.05, 3.63) is 47.8 Å². The van der Waals surface area contributed by atoms with Crippen LogP contribution < -0.4 is 15.4 Å². The second kappa shape index (κ2) is 10.5. The number of hydrogen-bond donors (Lipinski definition) is 2. The van der Waals surface area contributed by atoms with E-state index in [1.165, 1.54) is 5.56 Å². The lowest BCUT2D eigenvalue weighted by Gasteiger charge is -2.14. The van der Waals surface area contributed by atoms with E-state index in [-0.39, 0.29) is 0 Å². The number of ether oxygens (including phenoxy) is 1. The van der Waals surface area contributed by atoms with Gasteiger partial charge < -0.3 is 15.4 Å². The molecule has 1 unspecified atom stereocenters. The number of nitrogens with zero attached hydrogens (tertiary/aromatic N) is 3. The highest BCUT2D eigenvalue weighted by molar-refractivity contribution is 5.79. The van der Waals surface area contributed by atoms with Gasteiger partial charge in [-0.1, -0.05) is 19.1 Å². The van der Waals surface area contributed by atoms with Crippen LogP contribution >= 0.6 is 0 Å². The van der Waals surface area contributed by atoms with E-state index in [1.54, 1.807) is 7.11 Å².